The Hall–Kier alpha value is -0.460. The van der Waals surface area contributed by atoms with E-state index in [9.17, 15) is 4.79 Å². The summed E-state index contributed by atoms with van der Waals surface area (Å²) in [5, 5.41) is 0.732. The van der Waals surface area contributed by atoms with Crippen LogP contribution >= 0.6 is 11.8 Å². The van der Waals surface area contributed by atoms with Gasteiger partial charge in [0, 0.05) is 43.5 Å². The first-order valence-corrected chi connectivity index (χ1v) is 10.7. The number of carbonyl (C=O) groups is 1. The minimum atomic E-state index is -0.129. The molecule has 0 unspecified atom stereocenters. The van der Waals surface area contributed by atoms with E-state index in [1.807, 2.05) is 23.6 Å². The van der Waals surface area contributed by atoms with Gasteiger partial charge in [0.1, 0.15) is 0 Å². The van der Waals surface area contributed by atoms with Crippen LogP contribution in [0.4, 0.5) is 4.79 Å². The topological polar surface area (TPSA) is 36.0 Å². The molecule has 24 heavy (non-hydrogen) atoms. The molecular formula is C18H35N3O2S. The minimum absolute atomic E-state index is 0.129. The molecular weight excluding hydrogens is 322 g/mol. The van der Waals surface area contributed by atoms with Gasteiger partial charge in [0.25, 0.3) is 0 Å². The molecule has 2 rings (SSSR count). The van der Waals surface area contributed by atoms with Crippen LogP contribution in [-0.4, -0.2) is 90.8 Å². The Morgan fingerprint density at radius 1 is 1.25 bits per heavy atom. The number of ether oxygens (including phenoxy) is 1. The van der Waals surface area contributed by atoms with Crippen LogP contribution in [0.25, 0.3) is 0 Å². The van der Waals surface area contributed by atoms with E-state index in [1.165, 1.54) is 19.5 Å². The molecule has 2 heterocycles. The number of hydrogen-bond acceptors (Lipinski definition) is 5. The Balaban J connectivity index is 1.86. The van der Waals surface area contributed by atoms with Crippen molar-refractivity contribution in [2.24, 2.45) is 0 Å². The summed E-state index contributed by atoms with van der Waals surface area (Å²) in [5.41, 5.74) is 0.238. The van der Waals surface area contributed by atoms with E-state index < -0.39 is 0 Å². The van der Waals surface area contributed by atoms with Crippen LogP contribution in [0.2, 0.25) is 0 Å². The van der Waals surface area contributed by atoms with Crippen molar-refractivity contribution in [2.45, 2.75) is 50.3 Å². The van der Waals surface area contributed by atoms with Gasteiger partial charge in [-0.3, -0.25) is 4.90 Å². The number of rotatable bonds is 6. The summed E-state index contributed by atoms with van der Waals surface area (Å²) in [6.45, 7) is 11.2. The number of piperidine rings is 1. The van der Waals surface area contributed by atoms with Crippen LogP contribution in [0.1, 0.15) is 39.5 Å². The van der Waals surface area contributed by atoms with Crippen molar-refractivity contribution in [1.82, 2.24) is 14.7 Å². The summed E-state index contributed by atoms with van der Waals surface area (Å²) in [5.74, 6) is 0. The first-order valence-electron chi connectivity index (χ1n) is 9.39. The molecule has 0 aliphatic carbocycles. The van der Waals surface area contributed by atoms with E-state index >= 15 is 0 Å². The normalized spacial score (nSPS) is 23.4. The number of amides is 1. The van der Waals surface area contributed by atoms with E-state index in [0.29, 0.717) is 6.61 Å². The second kappa shape index (κ2) is 9.30. The van der Waals surface area contributed by atoms with Gasteiger partial charge in [-0.2, -0.15) is 11.8 Å². The minimum Gasteiger partial charge on any atom is -0.449 e. The van der Waals surface area contributed by atoms with Crippen LogP contribution < -0.4 is 0 Å². The average molecular weight is 358 g/mol. The molecule has 0 aromatic heterocycles. The third-order valence-electron chi connectivity index (χ3n) is 5.72. The van der Waals surface area contributed by atoms with E-state index in [0.717, 1.165) is 50.7 Å². The number of hydrogen-bond donors (Lipinski definition) is 0. The first kappa shape index (κ1) is 19.9. The number of likely N-dealkylation sites (tertiary alicyclic amines) is 1. The summed E-state index contributed by atoms with van der Waals surface area (Å²) in [7, 11) is 2.26. The van der Waals surface area contributed by atoms with Crippen LogP contribution in [0, 0.1) is 0 Å². The third-order valence-corrected chi connectivity index (χ3v) is 6.76. The third kappa shape index (κ3) is 5.02. The molecule has 1 spiro atoms. The van der Waals surface area contributed by atoms with Crippen LogP contribution in [0.15, 0.2) is 0 Å². The fourth-order valence-corrected chi connectivity index (χ4v) is 4.08. The molecule has 2 saturated heterocycles. The van der Waals surface area contributed by atoms with Crippen molar-refractivity contribution in [1.29, 1.82) is 0 Å². The smallest absolute Gasteiger partial charge is 0.409 e. The molecule has 1 amide bonds. The zero-order chi connectivity index (χ0) is 17.6. The Labute approximate surface area is 152 Å². The van der Waals surface area contributed by atoms with Crippen molar-refractivity contribution in [3.63, 3.8) is 0 Å². The van der Waals surface area contributed by atoms with Crippen molar-refractivity contribution in [3.8, 4) is 0 Å². The lowest BCUT2D eigenvalue weighted by Gasteiger charge is -2.53. The van der Waals surface area contributed by atoms with Gasteiger partial charge in [-0.1, -0.05) is 13.8 Å². The highest BCUT2D eigenvalue weighted by molar-refractivity contribution is 7.99. The standard InChI is InChI=1S/C18H35N3O2S/c1-5-14-23-17(22)21-10-7-18(8-11-21)15-20(13-12-19(18)3)9-6-16(2)24-4/h16H,5-15H2,1-4H3/t16-/m1/s1. The van der Waals surface area contributed by atoms with Crippen LogP contribution in [0.3, 0.4) is 0 Å². The number of piperazine rings is 1. The Kier molecular flexibility index (Phi) is 7.69. The zero-order valence-corrected chi connectivity index (χ0v) is 16.7. The number of likely N-dealkylation sites (N-methyl/N-ethyl adjacent to an activating group) is 1. The van der Waals surface area contributed by atoms with Crippen molar-refractivity contribution >= 4 is 17.9 Å². The van der Waals surface area contributed by atoms with Gasteiger partial charge in [-0.15, -0.1) is 0 Å². The maximum absolute atomic E-state index is 12.1. The summed E-state index contributed by atoms with van der Waals surface area (Å²) in [6, 6.07) is 0. The summed E-state index contributed by atoms with van der Waals surface area (Å²) in [4.78, 5) is 19.1. The van der Waals surface area contributed by atoms with E-state index in [2.05, 4.69) is 30.0 Å². The highest BCUT2D eigenvalue weighted by Crippen LogP contribution is 2.32. The lowest BCUT2D eigenvalue weighted by atomic mass is 9.83. The average Bonchev–Trinajstić information content (AvgIpc) is 2.61. The Bertz CT molecular complexity index is 400. The fourth-order valence-electron chi connectivity index (χ4n) is 3.74. The second-order valence-electron chi connectivity index (χ2n) is 7.36. The SMILES string of the molecule is CCCOC(=O)N1CCC2(CC1)CN(CC[C@@H](C)SC)CCN2C. The van der Waals surface area contributed by atoms with Crippen molar-refractivity contribution in [3.05, 3.63) is 0 Å². The molecule has 1 atom stereocenters. The Morgan fingerprint density at radius 3 is 2.58 bits per heavy atom. The molecule has 0 aromatic rings. The molecule has 0 radical (unpaired) electrons. The van der Waals surface area contributed by atoms with E-state index in [4.69, 9.17) is 4.74 Å². The van der Waals surface area contributed by atoms with Crippen LogP contribution in [0.5, 0.6) is 0 Å². The molecule has 5 nitrogen and oxygen atoms in total. The highest BCUT2D eigenvalue weighted by Gasteiger charge is 2.42. The maximum Gasteiger partial charge on any atom is 0.409 e. The largest absolute Gasteiger partial charge is 0.449 e. The molecule has 2 fully saturated rings. The first-order chi connectivity index (χ1) is 11.5. The Morgan fingerprint density at radius 2 is 1.96 bits per heavy atom. The van der Waals surface area contributed by atoms with Gasteiger partial charge in [-0.25, -0.2) is 4.79 Å². The molecule has 0 N–H and O–H groups in total. The van der Waals surface area contributed by atoms with Gasteiger partial charge in [0.05, 0.1) is 6.61 Å². The van der Waals surface area contributed by atoms with Gasteiger partial charge in [-0.05, 0) is 45.5 Å². The van der Waals surface area contributed by atoms with E-state index in [1.54, 1.807) is 0 Å². The predicted molar refractivity (Wildman–Crippen MR) is 102 cm³/mol. The molecule has 0 aromatic carbocycles. The monoisotopic (exact) mass is 357 g/mol. The molecule has 2 aliphatic rings. The summed E-state index contributed by atoms with van der Waals surface area (Å²) < 4.78 is 5.29. The quantitative estimate of drug-likeness (QED) is 0.730. The van der Waals surface area contributed by atoms with Crippen molar-refractivity contribution in [2.75, 3.05) is 59.2 Å². The van der Waals surface area contributed by atoms with Gasteiger partial charge < -0.3 is 14.5 Å². The molecule has 140 valence electrons. The molecule has 2 aliphatic heterocycles. The van der Waals surface area contributed by atoms with Gasteiger partial charge in [0.2, 0.25) is 0 Å². The summed E-state index contributed by atoms with van der Waals surface area (Å²) >= 11 is 1.96. The molecule has 6 heteroatoms. The molecule has 0 saturated carbocycles. The predicted octanol–water partition coefficient (Wildman–Crippen LogP) is 2.76. The lowest BCUT2D eigenvalue weighted by Crippen LogP contribution is -2.64. The number of nitrogens with zero attached hydrogens (tertiary/aromatic N) is 3. The van der Waals surface area contributed by atoms with Crippen molar-refractivity contribution < 1.29 is 9.53 Å². The van der Waals surface area contributed by atoms with Gasteiger partial charge in [0.15, 0.2) is 0 Å². The van der Waals surface area contributed by atoms with E-state index in [-0.39, 0.29) is 11.6 Å². The second-order valence-corrected chi connectivity index (χ2v) is 8.63. The highest BCUT2D eigenvalue weighted by atomic mass is 32.2. The maximum atomic E-state index is 12.1. The number of thioether (sulfide) groups is 1. The van der Waals surface area contributed by atoms with Crippen LogP contribution in [-0.2, 0) is 4.74 Å². The number of carbonyl (C=O) groups excluding carboxylic acids is 1. The zero-order valence-electron chi connectivity index (χ0n) is 15.9. The van der Waals surface area contributed by atoms with Gasteiger partial charge >= 0.3 is 6.09 Å². The lowest BCUT2D eigenvalue weighted by molar-refractivity contribution is -0.0265. The summed E-state index contributed by atoms with van der Waals surface area (Å²) in [6.07, 6.45) is 6.32. The molecule has 0 bridgehead atoms. The fraction of sp³-hybridized carbons (Fsp3) is 0.944.